The van der Waals surface area contributed by atoms with Gasteiger partial charge in [0.15, 0.2) is 5.60 Å². The Morgan fingerprint density at radius 3 is 2.12 bits per heavy atom. The van der Waals surface area contributed by atoms with Gasteiger partial charge in [0.25, 0.3) is 0 Å². The molecule has 0 aromatic heterocycles. The number of fused-ring (bicyclic) bond motifs is 3. The fourth-order valence-electron chi connectivity index (χ4n) is 4.40. The van der Waals surface area contributed by atoms with Gasteiger partial charge in [0.1, 0.15) is 0 Å². The molecule has 1 unspecified atom stereocenters. The maximum absolute atomic E-state index is 11.3. The first kappa shape index (κ1) is 18.4. The summed E-state index contributed by atoms with van der Waals surface area (Å²) in [7, 11) is 1.86. The predicted octanol–water partition coefficient (Wildman–Crippen LogP) is 4.45. The molecule has 2 bridgehead atoms. The number of carboxylic acids is 1. The number of rotatable bonds is 7. The molecule has 4 rings (SSSR count). The summed E-state index contributed by atoms with van der Waals surface area (Å²) in [6.07, 6.45) is 7.51. The average molecular weight is 346 g/mol. The highest BCUT2D eigenvalue weighted by Crippen LogP contribution is 2.54. The highest BCUT2D eigenvalue weighted by Gasteiger charge is 2.49. The standard InChI is InChI=1S/C21H30O4/c1-4-19(2,18(22)23)25-15-16-5-7-17(8-6-16)20-9-12-21(24-3,13-10-20)14-11-20/h5-8H,4,9-15H2,1-3H3,(H,22,23). The SMILES string of the molecule is CCC(C)(OCc1ccc(C23CCC(OC)(CC2)CC3)cc1)C(=O)O. The summed E-state index contributed by atoms with van der Waals surface area (Å²) in [5, 5.41) is 9.30. The van der Waals surface area contributed by atoms with Crippen LogP contribution in [-0.2, 0) is 26.3 Å². The van der Waals surface area contributed by atoms with E-state index in [1.165, 1.54) is 24.8 Å². The molecule has 4 nitrogen and oxygen atoms in total. The largest absolute Gasteiger partial charge is 0.479 e. The van der Waals surface area contributed by atoms with Crippen molar-refractivity contribution in [1.82, 2.24) is 0 Å². The molecule has 0 heterocycles. The van der Waals surface area contributed by atoms with Crippen molar-refractivity contribution < 1.29 is 19.4 Å². The van der Waals surface area contributed by atoms with Crippen LogP contribution in [0, 0.1) is 0 Å². The Balaban J connectivity index is 1.66. The zero-order valence-corrected chi connectivity index (χ0v) is 15.6. The van der Waals surface area contributed by atoms with Crippen molar-refractivity contribution >= 4 is 5.97 Å². The van der Waals surface area contributed by atoms with Crippen molar-refractivity contribution in [3.8, 4) is 0 Å². The summed E-state index contributed by atoms with van der Waals surface area (Å²) in [4.78, 5) is 11.3. The van der Waals surface area contributed by atoms with Crippen molar-refractivity contribution in [2.45, 2.75) is 82.0 Å². The van der Waals surface area contributed by atoms with Gasteiger partial charge in [0, 0.05) is 7.11 Å². The third kappa shape index (κ3) is 3.34. The van der Waals surface area contributed by atoms with Crippen LogP contribution >= 0.6 is 0 Å². The quantitative estimate of drug-likeness (QED) is 0.792. The van der Waals surface area contributed by atoms with Gasteiger partial charge in [-0.25, -0.2) is 4.79 Å². The minimum atomic E-state index is -1.12. The molecular weight excluding hydrogens is 316 g/mol. The average Bonchev–Trinajstić information content (AvgIpc) is 2.67. The Morgan fingerprint density at radius 1 is 1.12 bits per heavy atom. The van der Waals surface area contributed by atoms with Crippen LogP contribution in [0.15, 0.2) is 24.3 Å². The van der Waals surface area contributed by atoms with Crippen LogP contribution in [0.2, 0.25) is 0 Å². The van der Waals surface area contributed by atoms with Crippen LogP contribution in [0.25, 0.3) is 0 Å². The molecule has 1 aromatic carbocycles. The second-order valence-electron chi connectivity index (χ2n) is 8.04. The second-order valence-corrected chi connectivity index (χ2v) is 8.04. The summed E-state index contributed by atoms with van der Waals surface area (Å²) in [5.41, 5.74) is 1.76. The molecule has 3 aliphatic carbocycles. The lowest BCUT2D eigenvalue weighted by atomic mass is 9.56. The predicted molar refractivity (Wildman–Crippen MR) is 96.7 cm³/mol. The molecule has 0 amide bonds. The van der Waals surface area contributed by atoms with Crippen LogP contribution in [0.1, 0.15) is 69.9 Å². The van der Waals surface area contributed by atoms with E-state index in [-0.39, 0.29) is 5.60 Å². The van der Waals surface area contributed by atoms with Crippen molar-refractivity contribution in [2.24, 2.45) is 0 Å². The summed E-state index contributed by atoms with van der Waals surface area (Å²) in [6, 6.07) is 8.62. The Morgan fingerprint density at radius 2 is 1.68 bits per heavy atom. The third-order valence-corrected chi connectivity index (χ3v) is 6.86. The van der Waals surface area contributed by atoms with E-state index in [9.17, 15) is 9.90 Å². The number of carbonyl (C=O) groups is 1. The molecular formula is C21H30O4. The lowest BCUT2D eigenvalue weighted by Gasteiger charge is -2.53. The normalized spacial score (nSPS) is 30.8. The summed E-state index contributed by atoms with van der Waals surface area (Å²) >= 11 is 0. The number of carboxylic acid groups (broad SMARTS) is 1. The number of methoxy groups -OCH3 is 1. The number of aliphatic carboxylic acids is 1. The maximum atomic E-state index is 11.3. The van der Waals surface area contributed by atoms with Gasteiger partial charge in [-0.2, -0.15) is 0 Å². The first-order chi connectivity index (χ1) is 11.9. The number of benzene rings is 1. The zero-order chi connectivity index (χ0) is 18.1. The molecule has 138 valence electrons. The van der Waals surface area contributed by atoms with Gasteiger partial charge < -0.3 is 14.6 Å². The Labute approximate surface area is 150 Å². The number of hydrogen-bond acceptors (Lipinski definition) is 3. The summed E-state index contributed by atoms with van der Waals surface area (Å²) < 4.78 is 11.5. The molecule has 0 spiro atoms. The van der Waals surface area contributed by atoms with Crippen LogP contribution in [-0.4, -0.2) is 29.4 Å². The molecule has 3 fully saturated rings. The molecule has 3 saturated carbocycles. The minimum absolute atomic E-state index is 0.136. The number of hydrogen-bond donors (Lipinski definition) is 1. The molecule has 0 aliphatic heterocycles. The zero-order valence-electron chi connectivity index (χ0n) is 15.6. The molecule has 3 aliphatic rings. The monoisotopic (exact) mass is 346 g/mol. The molecule has 4 heteroatoms. The van der Waals surface area contributed by atoms with Crippen LogP contribution in [0.4, 0.5) is 0 Å². The van der Waals surface area contributed by atoms with Gasteiger partial charge in [-0.05, 0) is 68.4 Å². The topological polar surface area (TPSA) is 55.8 Å². The highest BCUT2D eigenvalue weighted by molar-refractivity contribution is 5.76. The van der Waals surface area contributed by atoms with Crippen LogP contribution < -0.4 is 0 Å². The first-order valence-electron chi connectivity index (χ1n) is 9.39. The minimum Gasteiger partial charge on any atom is -0.479 e. The van der Waals surface area contributed by atoms with Gasteiger partial charge in [0.2, 0.25) is 0 Å². The van der Waals surface area contributed by atoms with E-state index in [2.05, 4.69) is 24.3 Å². The molecule has 0 radical (unpaired) electrons. The fourth-order valence-corrected chi connectivity index (χ4v) is 4.40. The molecule has 25 heavy (non-hydrogen) atoms. The van der Waals surface area contributed by atoms with Crippen molar-refractivity contribution in [1.29, 1.82) is 0 Å². The van der Waals surface area contributed by atoms with Gasteiger partial charge in [0.05, 0.1) is 12.2 Å². The van der Waals surface area contributed by atoms with Crippen LogP contribution in [0.3, 0.4) is 0 Å². The van der Waals surface area contributed by atoms with E-state index < -0.39 is 11.6 Å². The number of ether oxygens (including phenoxy) is 2. The Hall–Kier alpha value is -1.39. The van der Waals surface area contributed by atoms with Crippen molar-refractivity contribution in [3.05, 3.63) is 35.4 Å². The highest BCUT2D eigenvalue weighted by atomic mass is 16.5. The lowest BCUT2D eigenvalue weighted by molar-refractivity contribution is -0.165. The summed E-state index contributed by atoms with van der Waals surface area (Å²) in [6.45, 7) is 3.80. The fraction of sp³-hybridized carbons (Fsp3) is 0.667. The smallest absolute Gasteiger partial charge is 0.335 e. The van der Waals surface area contributed by atoms with E-state index in [1.807, 2.05) is 14.0 Å². The molecule has 0 saturated heterocycles. The summed E-state index contributed by atoms with van der Waals surface area (Å²) in [5.74, 6) is -0.906. The van der Waals surface area contributed by atoms with Gasteiger partial charge >= 0.3 is 5.97 Å². The first-order valence-corrected chi connectivity index (χ1v) is 9.39. The third-order valence-electron chi connectivity index (χ3n) is 6.86. The van der Waals surface area contributed by atoms with Gasteiger partial charge in [-0.15, -0.1) is 0 Å². The van der Waals surface area contributed by atoms with E-state index in [1.54, 1.807) is 6.92 Å². The molecule has 1 N–H and O–H groups in total. The van der Waals surface area contributed by atoms with Gasteiger partial charge in [-0.3, -0.25) is 0 Å². The van der Waals surface area contributed by atoms with E-state index in [4.69, 9.17) is 9.47 Å². The van der Waals surface area contributed by atoms with E-state index >= 15 is 0 Å². The van der Waals surface area contributed by atoms with E-state index in [0.29, 0.717) is 18.4 Å². The van der Waals surface area contributed by atoms with Crippen LogP contribution in [0.5, 0.6) is 0 Å². The van der Waals surface area contributed by atoms with Gasteiger partial charge in [-0.1, -0.05) is 31.2 Å². The maximum Gasteiger partial charge on any atom is 0.335 e. The second kappa shape index (κ2) is 6.73. The Bertz CT molecular complexity index is 597. The van der Waals surface area contributed by atoms with E-state index in [0.717, 1.165) is 24.8 Å². The Kier molecular flexibility index (Phi) is 4.95. The molecule has 1 aromatic rings. The molecule has 1 atom stereocenters. The lowest BCUT2D eigenvalue weighted by Crippen LogP contribution is -2.49. The van der Waals surface area contributed by atoms with Crippen molar-refractivity contribution in [2.75, 3.05) is 7.11 Å². The van der Waals surface area contributed by atoms with Crippen molar-refractivity contribution in [3.63, 3.8) is 0 Å².